The Morgan fingerprint density at radius 2 is 1.74 bits per heavy atom. The van der Waals surface area contributed by atoms with Crippen LogP contribution in [0.15, 0.2) is 59.1 Å². The third-order valence-electron chi connectivity index (χ3n) is 4.75. The number of halogens is 3. The van der Waals surface area contributed by atoms with Gasteiger partial charge in [-0.15, -0.1) is 0 Å². The first-order valence-corrected chi connectivity index (χ1v) is 10.9. The summed E-state index contributed by atoms with van der Waals surface area (Å²) in [6.07, 6.45) is 0.919. The van der Waals surface area contributed by atoms with Crippen LogP contribution in [0.4, 0.5) is 4.39 Å². The Morgan fingerprint density at radius 3 is 2.42 bits per heavy atom. The maximum absolute atomic E-state index is 13.2. The van der Waals surface area contributed by atoms with E-state index >= 15 is 0 Å². The number of benzene rings is 3. The monoisotopic (exact) mass is 507 g/mol. The van der Waals surface area contributed by atoms with E-state index in [0.717, 1.165) is 28.8 Å². The summed E-state index contributed by atoms with van der Waals surface area (Å²) in [6, 6.07) is 16.2. The molecule has 3 rings (SSSR count). The second kappa shape index (κ2) is 11.4. The molecule has 0 heterocycles. The van der Waals surface area contributed by atoms with Gasteiger partial charge < -0.3 is 19.5 Å². The van der Waals surface area contributed by atoms with Crippen LogP contribution in [-0.4, -0.2) is 20.8 Å². The summed E-state index contributed by atoms with van der Waals surface area (Å²) in [7, 11) is 3.26. The zero-order valence-electron chi connectivity index (χ0n) is 17.4. The van der Waals surface area contributed by atoms with Crippen molar-refractivity contribution in [3.8, 4) is 17.2 Å². The quantitative estimate of drug-likeness (QED) is 0.333. The lowest BCUT2D eigenvalue weighted by Crippen LogP contribution is -2.16. The summed E-state index contributed by atoms with van der Waals surface area (Å²) in [6.45, 7) is 1.73. The van der Waals surface area contributed by atoms with Crippen LogP contribution < -0.4 is 19.5 Å². The maximum atomic E-state index is 13.2. The molecule has 0 saturated carbocycles. The molecule has 0 aliphatic carbocycles. The Morgan fingerprint density at radius 1 is 0.968 bits per heavy atom. The van der Waals surface area contributed by atoms with Crippen molar-refractivity contribution in [1.82, 2.24) is 5.32 Å². The molecule has 0 fully saturated rings. The highest BCUT2D eigenvalue weighted by atomic mass is 79.9. The predicted molar refractivity (Wildman–Crippen MR) is 125 cm³/mol. The zero-order chi connectivity index (χ0) is 22.2. The van der Waals surface area contributed by atoms with Crippen molar-refractivity contribution in [3.63, 3.8) is 0 Å². The second-order valence-corrected chi connectivity index (χ2v) is 8.17. The topological polar surface area (TPSA) is 39.7 Å². The van der Waals surface area contributed by atoms with E-state index in [9.17, 15) is 4.39 Å². The summed E-state index contributed by atoms with van der Waals surface area (Å²) in [5, 5.41) is 3.77. The van der Waals surface area contributed by atoms with Gasteiger partial charge in [0.25, 0.3) is 0 Å². The van der Waals surface area contributed by atoms with Gasteiger partial charge in [-0.1, -0.05) is 29.8 Å². The molecule has 0 bridgehead atoms. The van der Waals surface area contributed by atoms with Crippen molar-refractivity contribution < 1.29 is 18.6 Å². The van der Waals surface area contributed by atoms with E-state index in [1.54, 1.807) is 20.3 Å². The fraction of sp³-hybridized carbons (Fsp3) is 0.250. The molecule has 7 heteroatoms. The molecule has 4 nitrogen and oxygen atoms in total. The first-order valence-electron chi connectivity index (χ1n) is 9.77. The van der Waals surface area contributed by atoms with Gasteiger partial charge in [-0.2, -0.15) is 0 Å². The molecule has 0 saturated heterocycles. The van der Waals surface area contributed by atoms with E-state index in [4.69, 9.17) is 25.8 Å². The van der Waals surface area contributed by atoms with Crippen LogP contribution in [0.5, 0.6) is 17.2 Å². The average Bonchev–Trinajstić information content (AvgIpc) is 2.77. The molecule has 0 aromatic heterocycles. The summed E-state index contributed by atoms with van der Waals surface area (Å²) in [5.74, 6) is 1.67. The number of nitrogens with one attached hydrogen (secondary N) is 1. The van der Waals surface area contributed by atoms with E-state index < -0.39 is 0 Å². The first-order chi connectivity index (χ1) is 15.0. The minimum atomic E-state index is -0.378. The Bertz CT molecular complexity index is 1010. The van der Waals surface area contributed by atoms with Crippen LogP contribution >= 0.6 is 27.5 Å². The van der Waals surface area contributed by atoms with E-state index in [0.29, 0.717) is 28.6 Å². The number of hydrogen-bond donors (Lipinski definition) is 1. The smallest absolute Gasteiger partial charge is 0.175 e. The average molecular weight is 509 g/mol. The minimum absolute atomic E-state index is 0.202. The Hall–Kier alpha value is -2.28. The van der Waals surface area contributed by atoms with Gasteiger partial charge in [0.1, 0.15) is 18.2 Å². The first kappa shape index (κ1) is 23.4. The molecule has 31 heavy (non-hydrogen) atoms. The van der Waals surface area contributed by atoms with Crippen LogP contribution in [0, 0.1) is 5.82 Å². The van der Waals surface area contributed by atoms with Gasteiger partial charge in [0.2, 0.25) is 0 Å². The standard InChI is InChI=1S/C24H24BrClFNO3/c1-29-20-7-3-16(4-8-20)9-10-28-14-17-11-21(25)24(23(12-17)30-2)31-15-18-5-6-19(27)13-22(18)26/h3-8,11-13,28H,9-10,14-15H2,1-2H3. The normalized spacial score (nSPS) is 10.7. The molecule has 3 aromatic carbocycles. The molecule has 0 radical (unpaired) electrons. The number of rotatable bonds is 10. The van der Waals surface area contributed by atoms with Gasteiger partial charge in [0.15, 0.2) is 11.5 Å². The molecule has 164 valence electrons. The second-order valence-electron chi connectivity index (χ2n) is 6.91. The molecule has 3 aromatic rings. The molecule has 0 aliphatic rings. The van der Waals surface area contributed by atoms with Crippen molar-refractivity contribution >= 4 is 27.5 Å². The molecule has 0 spiro atoms. The van der Waals surface area contributed by atoms with E-state index in [1.165, 1.54) is 17.7 Å². The van der Waals surface area contributed by atoms with Crippen LogP contribution in [0.25, 0.3) is 0 Å². The Balaban J connectivity index is 1.57. The van der Waals surface area contributed by atoms with Crippen molar-refractivity contribution in [3.05, 3.63) is 86.6 Å². The largest absolute Gasteiger partial charge is 0.497 e. The third kappa shape index (κ3) is 6.60. The van der Waals surface area contributed by atoms with Gasteiger partial charge in [-0.25, -0.2) is 4.39 Å². The lowest BCUT2D eigenvalue weighted by Gasteiger charge is -2.15. The number of methoxy groups -OCH3 is 2. The van der Waals surface area contributed by atoms with Crippen molar-refractivity contribution in [2.75, 3.05) is 20.8 Å². The molecule has 0 unspecified atom stereocenters. The molecule has 0 amide bonds. The van der Waals surface area contributed by atoms with Gasteiger partial charge in [-0.3, -0.25) is 0 Å². The van der Waals surface area contributed by atoms with Crippen molar-refractivity contribution in [2.24, 2.45) is 0 Å². The van der Waals surface area contributed by atoms with E-state index in [2.05, 4.69) is 33.4 Å². The third-order valence-corrected chi connectivity index (χ3v) is 5.70. The number of ether oxygens (including phenoxy) is 3. The van der Waals surface area contributed by atoms with Crippen LogP contribution in [0.3, 0.4) is 0 Å². The highest BCUT2D eigenvalue weighted by Crippen LogP contribution is 2.37. The van der Waals surface area contributed by atoms with Crippen LogP contribution in [0.1, 0.15) is 16.7 Å². The van der Waals surface area contributed by atoms with Gasteiger partial charge in [-0.05, 0) is 76.4 Å². The highest BCUT2D eigenvalue weighted by Gasteiger charge is 2.13. The lowest BCUT2D eigenvalue weighted by molar-refractivity contribution is 0.282. The SMILES string of the molecule is COc1ccc(CCNCc2cc(Br)c(OCc3ccc(F)cc3Cl)c(OC)c2)cc1. The van der Waals surface area contributed by atoms with E-state index in [-0.39, 0.29) is 12.4 Å². The summed E-state index contributed by atoms with van der Waals surface area (Å²) in [4.78, 5) is 0. The molecular formula is C24H24BrClFNO3. The molecule has 1 N–H and O–H groups in total. The molecule has 0 atom stereocenters. The molecular weight excluding hydrogens is 485 g/mol. The van der Waals surface area contributed by atoms with Gasteiger partial charge >= 0.3 is 0 Å². The zero-order valence-corrected chi connectivity index (χ0v) is 19.7. The predicted octanol–water partition coefficient (Wildman–Crippen LogP) is 6.17. The van der Waals surface area contributed by atoms with Crippen molar-refractivity contribution in [2.45, 2.75) is 19.6 Å². The minimum Gasteiger partial charge on any atom is -0.497 e. The maximum Gasteiger partial charge on any atom is 0.175 e. The summed E-state index contributed by atoms with van der Waals surface area (Å²) in [5.41, 5.74) is 3.00. The fourth-order valence-electron chi connectivity index (χ4n) is 3.06. The Kier molecular flexibility index (Phi) is 8.58. The highest BCUT2D eigenvalue weighted by molar-refractivity contribution is 9.10. The Labute approximate surface area is 195 Å². The van der Waals surface area contributed by atoms with E-state index in [1.807, 2.05) is 24.3 Å². The molecule has 0 aliphatic heterocycles. The van der Waals surface area contributed by atoms with Crippen molar-refractivity contribution in [1.29, 1.82) is 0 Å². The summed E-state index contributed by atoms with van der Waals surface area (Å²) >= 11 is 9.65. The fourth-order valence-corrected chi connectivity index (χ4v) is 3.89. The lowest BCUT2D eigenvalue weighted by atomic mass is 10.1. The number of hydrogen-bond acceptors (Lipinski definition) is 4. The van der Waals surface area contributed by atoms with Gasteiger partial charge in [0, 0.05) is 12.1 Å². The summed E-state index contributed by atoms with van der Waals surface area (Å²) < 4.78 is 30.6. The van der Waals surface area contributed by atoms with Gasteiger partial charge in [0.05, 0.1) is 23.7 Å². The van der Waals surface area contributed by atoms with Crippen LogP contribution in [-0.2, 0) is 19.6 Å². The van der Waals surface area contributed by atoms with Crippen LogP contribution in [0.2, 0.25) is 5.02 Å².